The van der Waals surface area contributed by atoms with Gasteiger partial charge in [0, 0.05) is 31.1 Å². The molecule has 0 radical (unpaired) electrons. The van der Waals surface area contributed by atoms with Gasteiger partial charge in [0.25, 0.3) is 0 Å². The largest absolute Gasteiger partial charge is 0.326 e. The van der Waals surface area contributed by atoms with Crippen molar-refractivity contribution in [1.29, 1.82) is 0 Å². The van der Waals surface area contributed by atoms with Crippen molar-refractivity contribution in [2.24, 2.45) is 5.73 Å². The Bertz CT molecular complexity index is 533. The molecule has 3 rings (SSSR count). The lowest BCUT2D eigenvalue weighted by molar-refractivity contribution is 0.260. The van der Waals surface area contributed by atoms with Gasteiger partial charge >= 0.3 is 0 Å². The summed E-state index contributed by atoms with van der Waals surface area (Å²) in [5.41, 5.74) is 10.1. The van der Waals surface area contributed by atoms with Crippen molar-refractivity contribution in [1.82, 2.24) is 4.90 Å². The molecule has 0 spiro atoms. The molecular weight excluding hydrogens is 252 g/mol. The summed E-state index contributed by atoms with van der Waals surface area (Å²) in [6, 6.07) is 10.8. The molecule has 0 atom stereocenters. The van der Waals surface area contributed by atoms with Crippen LogP contribution in [0.15, 0.2) is 35.7 Å². The first-order valence-corrected chi connectivity index (χ1v) is 7.79. The van der Waals surface area contributed by atoms with E-state index in [9.17, 15) is 0 Å². The molecule has 1 aromatic carbocycles. The van der Waals surface area contributed by atoms with Gasteiger partial charge in [0.15, 0.2) is 0 Å². The van der Waals surface area contributed by atoms with E-state index in [1.165, 1.54) is 34.5 Å². The van der Waals surface area contributed by atoms with Gasteiger partial charge in [-0.1, -0.05) is 30.3 Å². The van der Waals surface area contributed by atoms with E-state index >= 15 is 0 Å². The van der Waals surface area contributed by atoms with E-state index in [-0.39, 0.29) is 0 Å². The molecule has 3 heteroatoms. The van der Waals surface area contributed by atoms with Gasteiger partial charge in [-0.3, -0.25) is 4.90 Å². The zero-order valence-corrected chi connectivity index (χ0v) is 12.0. The monoisotopic (exact) mass is 272 g/mol. The number of fused-ring (bicyclic) bond motifs is 1. The van der Waals surface area contributed by atoms with Gasteiger partial charge in [0.05, 0.1) is 0 Å². The van der Waals surface area contributed by atoms with E-state index in [0.717, 1.165) is 19.5 Å². The average Bonchev–Trinajstić information content (AvgIpc) is 2.88. The predicted octanol–water partition coefficient (Wildman–Crippen LogP) is 2.81. The SMILES string of the molecule is NCc1csc2c1CCN(CCc1ccccc1)C2. The van der Waals surface area contributed by atoms with Crippen LogP contribution in [0.1, 0.15) is 21.6 Å². The molecule has 2 heterocycles. The van der Waals surface area contributed by atoms with Gasteiger partial charge in [0.1, 0.15) is 0 Å². The van der Waals surface area contributed by atoms with Crippen LogP contribution in [-0.4, -0.2) is 18.0 Å². The van der Waals surface area contributed by atoms with Crippen molar-refractivity contribution in [3.63, 3.8) is 0 Å². The van der Waals surface area contributed by atoms with Crippen molar-refractivity contribution in [3.05, 3.63) is 57.3 Å². The minimum atomic E-state index is 0.690. The highest BCUT2D eigenvalue weighted by Crippen LogP contribution is 2.28. The van der Waals surface area contributed by atoms with E-state index in [0.29, 0.717) is 6.54 Å². The molecule has 0 unspecified atom stereocenters. The molecule has 0 aliphatic carbocycles. The Morgan fingerprint density at radius 3 is 2.84 bits per heavy atom. The smallest absolute Gasteiger partial charge is 0.0331 e. The normalized spacial score (nSPS) is 15.4. The zero-order chi connectivity index (χ0) is 13.1. The van der Waals surface area contributed by atoms with Crippen molar-refractivity contribution in [2.45, 2.75) is 25.9 Å². The second kappa shape index (κ2) is 5.87. The second-order valence-corrected chi connectivity index (χ2v) is 6.09. The van der Waals surface area contributed by atoms with Crippen LogP contribution in [0, 0.1) is 0 Å². The maximum absolute atomic E-state index is 5.78. The fourth-order valence-corrected chi connectivity index (χ4v) is 3.90. The number of hydrogen-bond donors (Lipinski definition) is 1. The molecule has 1 aromatic heterocycles. The summed E-state index contributed by atoms with van der Waals surface area (Å²) in [5, 5.41) is 2.24. The van der Waals surface area contributed by atoms with Crippen LogP contribution in [0.2, 0.25) is 0 Å². The fraction of sp³-hybridized carbons (Fsp3) is 0.375. The molecule has 19 heavy (non-hydrogen) atoms. The summed E-state index contributed by atoms with van der Waals surface area (Å²) >= 11 is 1.88. The topological polar surface area (TPSA) is 29.3 Å². The number of nitrogens with two attached hydrogens (primary N) is 1. The zero-order valence-electron chi connectivity index (χ0n) is 11.1. The summed E-state index contributed by atoms with van der Waals surface area (Å²) in [6.07, 6.45) is 2.31. The summed E-state index contributed by atoms with van der Waals surface area (Å²) < 4.78 is 0. The second-order valence-electron chi connectivity index (χ2n) is 5.13. The lowest BCUT2D eigenvalue weighted by atomic mass is 10.0. The van der Waals surface area contributed by atoms with Gasteiger partial charge in [-0.05, 0) is 34.9 Å². The molecular formula is C16H20N2S. The molecule has 2 aromatic rings. The van der Waals surface area contributed by atoms with Crippen LogP contribution < -0.4 is 5.73 Å². The van der Waals surface area contributed by atoms with Gasteiger partial charge in [-0.2, -0.15) is 0 Å². The van der Waals surface area contributed by atoms with Gasteiger partial charge < -0.3 is 5.73 Å². The first-order valence-electron chi connectivity index (χ1n) is 6.91. The van der Waals surface area contributed by atoms with E-state index in [2.05, 4.69) is 40.6 Å². The summed E-state index contributed by atoms with van der Waals surface area (Å²) in [4.78, 5) is 4.09. The quantitative estimate of drug-likeness (QED) is 0.927. The van der Waals surface area contributed by atoms with E-state index in [1.807, 2.05) is 11.3 Å². The number of hydrogen-bond acceptors (Lipinski definition) is 3. The summed E-state index contributed by atoms with van der Waals surface area (Å²) in [7, 11) is 0. The molecule has 1 aliphatic heterocycles. The summed E-state index contributed by atoms with van der Waals surface area (Å²) in [6.45, 7) is 4.12. The van der Waals surface area contributed by atoms with Crippen molar-refractivity contribution in [2.75, 3.05) is 13.1 Å². The lowest BCUT2D eigenvalue weighted by Gasteiger charge is -2.27. The van der Waals surface area contributed by atoms with Crippen LogP contribution in [0.4, 0.5) is 0 Å². The Labute approximate surface area is 118 Å². The van der Waals surface area contributed by atoms with E-state index < -0.39 is 0 Å². The van der Waals surface area contributed by atoms with Crippen LogP contribution in [0.3, 0.4) is 0 Å². The highest BCUT2D eigenvalue weighted by molar-refractivity contribution is 7.10. The third kappa shape index (κ3) is 2.89. The first-order chi connectivity index (χ1) is 9.36. The van der Waals surface area contributed by atoms with Crippen molar-refractivity contribution in [3.8, 4) is 0 Å². The molecule has 0 fully saturated rings. The summed E-state index contributed by atoms with van der Waals surface area (Å²) in [5.74, 6) is 0. The van der Waals surface area contributed by atoms with Crippen molar-refractivity contribution < 1.29 is 0 Å². The Hall–Kier alpha value is -1.16. The predicted molar refractivity (Wildman–Crippen MR) is 81.3 cm³/mol. The lowest BCUT2D eigenvalue weighted by Crippen LogP contribution is -2.31. The Morgan fingerprint density at radius 2 is 2.05 bits per heavy atom. The minimum absolute atomic E-state index is 0.690. The number of rotatable bonds is 4. The maximum atomic E-state index is 5.78. The molecule has 2 N–H and O–H groups in total. The molecule has 0 amide bonds. The molecule has 0 saturated heterocycles. The molecule has 0 saturated carbocycles. The minimum Gasteiger partial charge on any atom is -0.326 e. The van der Waals surface area contributed by atoms with E-state index in [4.69, 9.17) is 5.73 Å². The standard InChI is InChI=1S/C16H20N2S/c17-10-14-12-19-16-11-18(9-7-15(14)16)8-6-13-4-2-1-3-5-13/h1-5,12H,6-11,17H2. The highest BCUT2D eigenvalue weighted by Gasteiger charge is 2.19. The fourth-order valence-electron chi connectivity index (χ4n) is 2.74. The van der Waals surface area contributed by atoms with Crippen LogP contribution in [0.5, 0.6) is 0 Å². The van der Waals surface area contributed by atoms with E-state index in [1.54, 1.807) is 0 Å². The number of nitrogens with zero attached hydrogens (tertiary/aromatic N) is 1. The van der Waals surface area contributed by atoms with Crippen molar-refractivity contribution >= 4 is 11.3 Å². The Balaban J connectivity index is 1.60. The third-order valence-electron chi connectivity index (χ3n) is 3.89. The Kier molecular flexibility index (Phi) is 3.97. The third-order valence-corrected chi connectivity index (χ3v) is 4.95. The first kappa shape index (κ1) is 12.9. The number of benzene rings is 1. The van der Waals surface area contributed by atoms with Crippen LogP contribution >= 0.6 is 11.3 Å². The van der Waals surface area contributed by atoms with Gasteiger partial charge in [-0.15, -0.1) is 11.3 Å². The average molecular weight is 272 g/mol. The molecule has 0 bridgehead atoms. The maximum Gasteiger partial charge on any atom is 0.0331 e. The molecule has 1 aliphatic rings. The van der Waals surface area contributed by atoms with Gasteiger partial charge in [-0.25, -0.2) is 0 Å². The highest BCUT2D eigenvalue weighted by atomic mass is 32.1. The Morgan fingerprint density at radius 1 is 1.21 bits per heavy atom. The van der Waals surface area contributed by atoms with Crippen LogP contribution in [0.25, 0.3) is 0 Å². The van der Waals surface area contributed by atoms with Gasteiger partial charge in [0.2, 0.25) is 0 Å². The molecule has 2 nitrogen and oxygen atoms in total. The van der Waals surface area contributed by atoms with Crippen LogP contribution in [-0.2, 0) is 25.9 Å². The number of thiophene rings is 1. The molecule has 100 valence electrons.